The van der Waals surface area contributed by atoms with Crippen LogP contribution in [0.4, 0.5) is 0 Å². The Morgan fingerprint density at radius 1 is 1.03 bits per heavy atom. The lowest BCUT2D eigenvalue weighted by molar-refractivity contribution is 0.185. The van der Waals surface area contributed by atoms with E-state index in [1.807, 2.05) is 25.2 Å². The highest BCUT2D eigenvalue weighted by molar-refractivity contribution is 7.89. The van der Waals surface area contributed by atoms with E-state index >= 15 is 0 Å². The van der Waals surface area contributed by atoms with E-state index in [9.17, 15) is 18.6 Å². The summed E-state index contributed by atoms with van der Waals surface area (Å²) in [5, 5.41) is 22.6. The zero-order valence-electron chi connectivity index (χ0n) is 15.9. The maximum Gasteiger partial charge on any atom is 0.240 e. The number of hydrogen-bond acceptors (Lipinski definition) is 5. The van der Waals surface area contributed by atoms with Crippen molar-refractivity contribution in [1.29, 1.82) is 0 Å². The molecule has 1 aliphatic rings. The summed E-state index contributed by atoms with van der Waals surface area (Å²) < 4.78 is 27.7. The Hall–Kier alpha value is -1.19. The number of rotatable bonds is 7. The van der Waals surface area contributed by atoms with Crippen LogP contribution in [0, 0.1) is 0 Å². The van der Waals surface area contributed by atoms with Crippen molar-refractivity contribution in [2.75, 3.05) is 20.3 Å². The van der Waals surface area contributed by atoms with E-state index < -0.39 is 29.3 Å². The fraction of sp³-hybridized carbons (Fsp3) is 0.400. The molecule has 2 aromatic rings. The summed E-state index contributed by atoms with van der Waals surface area (Å²) in [6, 6.07) is 9.69. The van der Waals surface area contributed by atoms with Gasteiger partial charge >= 0.3 is 0 Å². The van der Waals surface area contributed by atoms with Gasteiger partial charge in [0.1, 0.15) is 0 Å². The smallest absolute Gasteiger partial charge is 0.240 e. The van der Waals surface area contributed by atoms with Crippen molar-refractivity contribution in [3.63, 3.8) is 0 Å². The van der Waals surface area contributed by atoms with Crippen LogP contribution < -0.4 is 10.0 Å². The molecule has 4 N–H and O–H groups in total. The molecule has 0 heterocycles. The first-order chi connectivity index (χ1) is 13.8. The zero-order chi connectivity index (χ0) is 21.2. The van der Waals surface area contributed by atoms with Crippen molar-refractivity contribution in [2.45, 2.75) is 35.7 Å². The number of sulfonamides is 1. The second-order valence-corrected chi connectivity index (χ2v) is 9.65. The maximum atomic E-state index is 12.7. The molecule has 0 unspecified atom stereocenters. The third-order valence-corrected chi connectivity index (χ3v) is 7.58. The Morgan fingerprint density at radius 2 is 1.76 bits per heavy atom. The molecule has 0 bridgehead atoms. The summed E-state index contributed by atoms with van der Waals surface area (Å²) in [6.07, 6.45) is 1.72. The first-order valence-corrected chi connectivity index (χ1v) is 11.5. The van der Waals surface area contributed by atoms with Gasteiger partial charge in [-0.3, -0.25) is 0 Å². The van der Waals surface area contributed by atoms with Gasteiger partial charge in [0.2, 0.25) is 10.0 Å². The standard InChI is InChI=1S/C20H24Cl2N2O4S/c1-23-20-7-5-15(12-2-6-18(21)19(22)8-12)16-4-3-14(9-17(16)20)29(27,28)24-13(10-25)11-26/h2-4,6,8-9,13,15,20,23-26H,5,7,10-11H2,1H3/t15-,20-/m0/s1. The Kier molecular flexibility index (Phi) is 7.22. The Morgan fingerprint density at radius 3 is 2.38 bits per heavy atom. The highest BCUT2D eigenvalue weighted by Crippen LogP contribution is 2.43. The summed E-state index contributed by atoms with van der Waals surface area (Å²) in [5.41, 5.74) is 2.97. The molecule has 9 heteroatoms. The largest absolute Gasteiger partial charge is 0.395 e. The lowest BCUT2D eigenvalue weighted by Crippen LogP contribution is -2.40. The summed E-state index contributed by atoms with van der Waals surface area (Å²) in [4.78, 5) is 0.0955. The van der Waals surface area contributed by atoms with Crippen LogP contribution in [0.5, 0.6) is 0 Å². The molecule has 0 saturated carbocycles. The molecular weight excluding hydrogens is 435 g/mol. The molecule has 0 spiro atoms. The summed E-state index contributed by atoms with van der Waals surface area (Å²) in [7, 11) is -2.03. The van der Waals surface area contributed by atoms with Crippen molar-refractivity contribution in [3.05, 3.63) is 63.1 Å². The number of aliphatic hydroxyl groups excluding tert-OH is 2. The van der Waals surface area contributed by atoms with E-state index in [2.05, 4.69) is 10.0 Å². The normalized spacial score (nSPS) is 19.4. The second-order valence-electron chi connectivity index (χ2n) is 7.12. The van der Waals surface area contributed by atoms with Gasteiger partial charge in [-0.05, 0) is 60.8 Å². The van der Waals surface area contributed by atoms with Gasteiger partial charge in [0.25, 0.3) is 0 Å². The van der Waals surface area contributed by atoms with Gasteiger partial charge in [0.05, 0.1) is 34.2 Å². The van der Waals surface area contributed by atoms with Crippen LogP contribution in [-0.4, -0.2) is 44.9 Å². The topological polar surface area (TPSA) is 98.7 Å². The first kappa shape index (κ1) is 22.5. The Labute approximate surface area is 180 Å². The van der Waals surface area contributed by atoms with Gasteiger partial charge in [0, 0.05) is 12.0 Å². The Balaban J connectivity index is 2.02. The molecule has 0 fully saturated rings. The molecule has 0 aliphatic heterocycles. The SMILES string of the molecule is CN[C@H]1CC[C@@H](c2ccc(Cl)c(Cl)c2)c2ccc(S(=O)(=O)NC(CO)CO)cc21. The average Bonchev–Trinajstić information content (AvgIpc) is 2.72. The van der Waals surface area contributed by atoms with Gasteiger partial charge in [-0.2, -0.15) is 0 Å². The van der Waals surface area contributed by atoms with E-state index in [-0.39, 0.29) is 16.9 Å². The molecule has 2 atom stereocenters. The molecule has 1 aliphatic carbocycles. The van der Waals surface area contributed by atoms with Gasteiger partial charge < -0.3 is 15.5 Å². The maximum absolute atomic E-state index is 12.7. The fourth-order valence-electron chi connectivity index (χ4n) is 3.78. The summed E-state index contributed by atoms with van der Waals surface area (Å²) in [6.45, 7) is -0.974. The molecule has 158 valence electrons. The van der Waals surface area contributed by atoms with E-state index in [0.717, 1.165) is 29.5 Å². The quantitative estimate of drug-likeness (QED) is 0.511. The predicted molar refractivity (Wildman–Crippen MR) is 114 cm³/mol. The summed E-state index contributed by atoms with van der Waals surface area (Å²) in [5.74, 6) is 0.0803. The molecule has 2 aromatic carbocycles. The minimum atomic E-state index is -3.88. The van der Waals surface area contributed by atoms with Gasteiger partial charge in [0.15, 0.2) is 0 Å². The molecule has 0 amide bonds. The minimum Gasteiger partial charge on any atom is -0.395 e. The number of hydrogen-bond donors (Lipinski definition) is 4. The van der Waals surface area contributed by atoms with Crippen LogP contribution in [0.1, 0.15) is 41.5 Å². The zero-order valence-corrected chi connectivity index (χ0v) is 18.2. The molecule has 3 rings (SSSR count). The number of halogens is 2. The first-order valence-electron chi connectivity index (χ1n) is 9.30. The van der Waals surface area contributed by atoms with Crippen molar-refractivity contribution < 1.29 is 18.6 Å². The molecule has 0 saturated heterocycles. The van der Waals surface area contributed by atoms with Crippen molar-refractivity contribution in [3.8, 4) is 0 Å². The second kappa shape index (κ2) is 9.31. The van der Waals surface area contributed by atoms with E-state index in [4.69, 9.17) is 23.2 Å². The number of benzene rings is 2. The highest BCUT2D eigenvalue weighted by Gasteiger charge is 2.30. The Bertz CT molecular complexity index is 980. The van der Waals surface area contributed by atoms with Gasteiger partial charge in [-0.25, -0.2) is 13.1 Å². The number of aliphatic hydroxyl groups is 2. The van der Waals surface area contributed by atoms with E-state index in [0.29, 0.717) is 10.0 Å². The average molecular weight is 459 g/mol. The van der Waals surface area contributed by atoms with E-state index in [1.54, 1.807) is 18.2 Å². The molecule has 6 nitrogen and oxygen atoms in total. The van der Waals surface area contributed by atoms with Crippen LogP contribution in [0.15, 0.2) is 41.3 Å². The predicted octanol–water partition coefficient (Wildman–Crippen LogP) is 2.81. The highest BCUT2D eigenvalue weighted by atomic mass is 35.5. The third kappa shape index (κ3) is 4.77. The lowest BCUT2D eigenvalue weighted by atomic mass is 9.77. The fourth-order valence-corrected chi connectivity index (χ4v) is 5.34. The van der Waals surface area contributed by atoms with Crippen LogP contribution in [-0.2, 0) is 10.0 Å². The van der Waals surface area contributed by atoms with Gasteiger partial charge in [-0.15, -0.1) is 0 Å². The molecule has 0 aromatic heterocycles. The van der Waals surface area contributed by atoms with Crippen molar-refractivity contribution in [1.82, 2.24) is 10.0 Å². The lowest BCUT2D eigenvalue weighted by Gasteiger charge is -2.32. The number of fused-ring (bicyclic) bond motifs is 1. The minimum absolute atomic E-state index is 0.0191. The molecular formula is C20H24Cl2N2O4S. The van der Waals surface area contributed by atoms with Crippen LogP contribution in [0.3, 0.4) is 0 Å². The van der Waals surface area contributed by atoms with Crippen molar-refractivity contribution in [2.24, 2.45) is 0 Å². The van der Waals surface area contributed by atoms with Crippen molar-refractivity contribution >= 4 is 33.2 Å². The van der Waals surface area contributed by atoms with Crippen LogP contribution in [0.2, 0.25) is 10.0 Å². The summed E-state index contributed by atoms with van der Waals surface area (Å²) >= 11 is 12.3. The number of nitrogens with one attached hydrogen (secondary N) is 2. The monoisotopic (exact) mass is 458 g/mol. The molecule has 0 radical (unpaired) electrons. The van der Waals surface area contributed by atoms with E-state index in [1.165, 1.54) is 0 Å². The van der Waals surface area contributed by atoms with Gasteiger partial charge in [-0.1, -0.05) is 35.3 Å². The van der Waals surface area contributed by atoms with Crippen LogP contribution in [0.25, 0.3) is 0 Å². The molecule has 29 heavy (non-hydrogen) atoms. The van der Waals surface area contributed by atoms with Crippen LogP contribution >= 0.6 is 23.2 Å². The third-order valence-electron chi connectivity index (χ3n) is 5.32.